The quantitative estimate of drug-likeness (QED) is 0.504. The van der Waals surface area contributed by atoms with E-state index in [1.165, 1.54) is 4.88 Å². The highest BCUT2D eigenvalue weighted by Crippen LogP contribution is 2.33. The lowest BCUT2D eigenvalue weighted by Gasteiger charge is -2.11. The highest BCUT2D eigenvalue weighted by atomic mass is 32.1. The van der Waals surface area contributed by atoms with E-state index in [9.17, 15) is 14.4 Å². The number of fused-ring (bicyclic) bond motifs is 3. The van der Waals surface area contributed by atoms with Crippen molar-refractivity contribution >= 4 is 39.1 Å². The fourth-order valence-corrected chi connectivity index (χ4v) is 5.08. The number of H-pyrrole nitrogens is 1. The van der Waals surface area contributed by atoms with Crippen molar-refractivity contribution in [3.8, 4) is 5.75 Å². The zero-order valence-electron chi connectivity index (χ0n) is 17.9. The van der Waals surface area contributed by atoms with Gasteiger partial charge in [-0.25, -0.2) is 4.98 Å². The molecule has 2 N–H and O–H groups in total. The first-order valence-corrected chi connectivity index (χ1v) is 11.6. The lowest BCUT2D eigenvalue weighted by Crippen LogP contribution is -2.21. The number of carbonyl (C=O) groups is 2. The number of aromatic nitrogens is 2. The van der Waals surface area contributed by atoms with Gasteiger partial charge in [-0.05, 0) is 50.3 Å². The van der Waals surface area contributed by atoms with Crippen molar-refractivity contribution in [2.45, 2.75) is 45.4 Å². The minimum atomic E-state index is -0.536. The zero-order chi connectivity index (χ0) is 22.5. The molecule has 0 fully saturated rings. The average Bonchev–Trinajstić information content (AvgIpc) is 3.17. The van der Waals surface area contributed by atoms with E-state index in [-0.39, 0.29) is 18.4 Å². The molecule has 0 unspecified atom stereocenters. The smallest absolute Gasteiger partial charge is 0.306 e. The number of aryl methyl sites for hydroxylation is 3. The number of hydrogen-bond donors (Lipinski definition) is 2. The molecule has 0 atom stereocenters. The van der Waals surface area contributed by atoms with Gasteiger partial charge in [0.1, 0.15) is 16.4 Å². The summed E-state index contributed by atoms with van der Waals surface area (Å²) < 4.78 is 10.5. The number of ether oxygens (including phenoxy) is 2. The standard InChI is InChI=1S/C23H25N3O5S/c1-2-30-16-9-5-4-8-15(16)24-19(27)13-31-20(28)12-11-18-25-22(29)21-14-7-3-6-10-17(14)32-23(21)26-18/h4-5,8-9H,2-3,6-7,10-13H2,1H3,(H,24,27)(H,25,26,29). The molecule has 1 aliphatic carbocycles. The maximum absolute atomic E-state index is 12.6. The van der Waals surface area contributed by atoms with E-state index in [0.717, 1.165) is 36.1 Å². The molecule has 0 radical (unpaired) electrons. The number of nitrogens with one attached hydrogen (secondary N) is 2. The van der Waals surface area contributed by atoms with Gasteiger partial charge < -0.3 is 19.8 Å². The third kappa shape index (κ3) is 4.99. The Kier molecular flexibility index (Phi) is 6.84. The van der Waals surface area contributed by atoms with Crippen molar-refractivity contribution < 1.29 is 19.1 Å². The van der Waals surface area contributed by atoms with Crippen molar-refractivity contribution in [3.63, 3.8) is 0 Å². The molecule has 9 heteroatoms. The number of para-hydroxylation sites is 2. The van der Waals surface area contributed by atoms with Crippen molar-refractivity contribution in [2.75, 3.05) is 18.5 Å². The van der Waals surface area contributed by atoms with Crippen LogP contribution in [0.15, 0.2) is 29.1 Å². The van der Waals surface area contributed by atoms with Crippen LogP contribution in [-0.2, 0) is 33.6 Å². The van der Waals surface area contributed by atoms with Gasteiger partial charge in [0, 0.05) is 11.3 Å². The summed E-state index contributed by atoms with van der Waals surface area (Å²) in [7, 11) is 0. The van der Waals surface area contributed by atoms with Gasteiger partial charge in [0.15, 0.2) is 6.61 Å². The highest BCUT2D eigenvalue weighted by Gasteiger charge is 2.20. The Bertz CT molecular complexity index is 1200. The summed E-state index contributed by atoms with van der Waals surface area (Å²) in [5.74, 6) is 0.0116. The molecule has 2 aromatic heterocycles. The van der Waals surface area contributed by atoms with Gasteiger partial charge in [0.2, 0.25) is 0 Å². The molecule has 168 valence electrons. The Labute approximate surface area is 189 Å². The first kappa shape index (κ1) is 22.0. The van der Waals surface area contributed by atoms with Crippen molar-refractivity contribution in [1.82, 2.24) is 9.97 Å². The van der Waals surface area contributed by atoms with Crippen LogP contribution in [0.25, 0.3) is 10.2 Å². The zero-order valence-corrected chi connectivity index (χ0v) is 18.7. The Morgan fingerprint density at radius 2 is 2.03 bits per heavy atom. The van der Waals surface area contributed by atoms with E-state index in [1.54, 1.807) is 29.5 Å². The number of hydrogen-bond acceptors (Lipinski definition) is 7. The molecule has 0 bridgehead atoms. The Morgan fingerprint density at radius 3 is 2.88 bits per heavy atom. The monoisotopic (exact) mass is 455 g/mol. The van der Waals surface area contributed by atoms with E-state index < -0.39 is 18.5 Å². The van der Waals surface area contributed by atoms with Crippen molar-refractivity contribution in [2.24, 2.45) is 0 Å². The second-order valence-corrected chi connectivity index (χ2v) is 8.63. The molecular weight excluding hydrogens is 430 g/mol. The van der Waals surface area contributed by atoms with Gasteiger partial charge in [0.25, 0.3) is 11.5 Å². The van der Waals surface area contributed by atoms with Crippen LogP contribution in [0.2, 0.25) is 0 Å². The molecule has 0 saturated carbocycles. The normalized spacial score (nSPS) is 12.9. The molecule has 1 aliphatic rings. The molecular formula is C23H25N3O5S. The molecule has 0 spiro atoms. The predicted molar refractivity (Wildman–Crippen MR) is 122 cm³/mol. The van der Waals surface area contributed by atoms with Crippen LogP contribution in [0, 0.1) is 0 Å². The van der Waals surface area contributed by atoms with Crippen LogP contribution in [0.1, 0.15) is 42.5 Å². The number of aromatic amines is 1. The molecule has 0 aliphatic heterocycles. The molecule has 8 nitrogen and oxygen atoms in total. The highest BCUT2D eigenvalue weighted by molar-refractivity contribution is 7.18. The van der Waals surface area contributed by atoms with E-state index in [0.29, 0.717) is 29.3 Å². The molecule has 1 aromatic carbocycles. The summed E-state index contributed by atoms with van der Waals surface area (Å²) in [6.45, 7) is 1.92. The topological polar surface area (TPSA) is 110 Å². The summed E-state index contributed by atoms with van der Waals surface area (Å²) in [6, 6.07) is 7.05. The first-order chi connectivity index (χ1) is 15.5. The first-order valence-electron chi connectivity index (χ1n) is 10.8. The summed E-state index contributed by atoms with van der Waals surface area (Å²) in [4.78, 5) is 46.1. The van der Waals surface area contributed by atoms with Gasteiger partial charge in [-0.1, -0.05) is 12.1 Å². The summed E-state index contributed by atoms with van der Waals surface area (Å²) in [5, 5.41) is 3.37. The van der Waals surface area contributed by atoms with Crippen LogP contribution >= 0.6 is 11.3 Å². The lowest BCUT2D eigenvalue weighted by atomic mass is 9.97. The van der Waals surface area contributed by atoms with E-state index in [4.69, 9.17) is 9.47 Å². The van der Waals surface area contributed by atoms with Crippen LogP contribution in [0.3, 0.4) is 0 Å². The number of benzene rings is 1. The molecule has 32 heavy (non-hydrogen) atoms. The SMILES string of the molecule is CCOc1ccccc1NC(=O)COC(=O)CCc1nc2sc3c(c2c(=O)[nH]1)CCCC3. The minimum absolute atomic E-state index is 0.0162. The van der Waals surface area contributed by atoms with Gasteiger partial charge in [-0.15, -0.1) is 11.3 Å². The van der Waals surface area contributed by atoms with Crippen molar-refractivity contribution in [3.05, 3.63) is 50.9 Å². The third-order valence-corrected chi connectivity index (χ3v) is 6.45. The summed E-state index contributed by atoms with van der Waals surface area (Å²) >= 11 is 1.57. The molecule has 2 heterocycles. The predicted octanol–water partition coefficient (Wildman–Crippen LogP) is 3.38. The van der Waals surface area contributed by atoms with E-state index in [1.807, 2.05) is 13.0 Å². The van der Waals surface area contributed by atoms with Crippen molar-refractivity contribution in [1.29, 1.82) is 0 Å². The van der Waals surface area contributed by atoms with Gasteiger partial charge >= 0.3 is 5.97 Å². The number of carbonyl (C=O) groups excluding carboxylic acids is 2. The number of thiophene rings is 1. The number of esters is 1. The fourth-order valence-electron chi connectivity index (χ4n) is 3.80. The lowest BCUT2D eigenvalue weighted by molar-refractivity contribution is -0.147. The van der Waals surface area contributed by atoms with Crippen LogP contribution in [0.4, 0.5) is 5.69 Å². The van der Waals surface area contributed by atoms with E-state index >= 15 is 0 Å². The average molecular weight is 456 g/mol. The Hall–Kier alpha value is -3.20. The van der Waals surface area contributed by atoms with Gasteiger partial charge in [0.05, 0.1) is 24.1 Å². The van der Waals surface area contributed by atoms with Crippen LogP contribution in [-0.4, -0.2) is 35.1 Å². The van der Waals surface area contributed by atoms with Crippen LogP contribution < -0.4 is 15.6 Å². The number of amides is 1. The Morgan fingerprint density at radius 1 is 1.22 bits per heavy atom. The van der Waals surface area contributed by atoms with Gasteiger partial charge in [-0.3, -0.25) is 14.4 Å². The molecule has 3 aromatic rings. The third-order valence-electron chi connectivity index (χ3n) is 5.27. The maximum atomic E-state index is 12.6. The van der Waals surface area contributed by atoms with Gasteiger partial charge in [-0.2, -0.15) is 0 Å². The summed E-state index contributed by atoms with van der Waals surface area (Å²) in [5.41, 5.74) is 1.50. The van der Waals surface area contributed by atoms with E-state index in [2.05, 4.69) is 15.3 Å². The second kappa shape index (κ2) is 9.95. The molecule has 1 amide bonds. The number of rotatable bonds is 8. The minimum Gasteiger partial charge on any atom is -0.492 e. The number of anilines is 1. The Balaban J connectivity index is 1.31. The maximum Gasteiger partial charge on any atom is 0.306 e. The molecule has 4 rings (SSSR count). The second-order valence-electron chi connectivity index (χ2n) is 7.54. The number of nitrogens with zero attached hydrogens (tertiary/aromatic N) is 1. The summed E-state index contributed by atoms with van der Waals surface area (Å²) in [6.07, 6.45) is 4.40. The largest absolute Gasteiger partial charge is 0.492 e. The van der Waals surface area contributed by atoms with Crippen LogP contribution in [0.5, 0.6) is 5.75 Å². The fraction of sp³-hybridized carbons (Fsp3) is 0.391. The molecule has 0 saturated heterocycles.